The van der Waals surface area contributed by atoms with E-state index in [0.29, 0.717) is 30.6 Å². The molecule has 0 radical (unpaired) electrons. The van der Waals surface area contributed by atoms with Gasteiger partial charge in [0, 0.05) is 13.7 Å². The van der Waals surface area contributed by atoms with Crippen LogP contribution in [0, 0.1) is 5.92 Å². The summed E-state index contributed by atoms with van der Waals surface area (Å²) in [4.78, 5) is 11.3. The molecule has 106 valence electrons. The van der Waals surface area contributed by atoms with Crippen LogP contribution in [0.2, 0.25) is 0 Å². The highest BCUT2D eigenvalue weighted by molar-refractivity contribution is 5.91. The summed E-state index contributed by atoms with van der Waals surface area (Å²) in [6.07, 6.45) is 0. The maximum absolute atomic E-state index is 11.3. The zero-order valence-electron chi connectivity index (χ0n) is 11.9. The van der Waals surface area contributed by atoms with Gasteiger partial charge in [0.15, 0.2) is 5.69 Å². The van der Waals surface area contributed by atoms with E-state index in [4.69, 9.17) is 4.74 Å². The van der Waals surface area contributed by atoms with E-state index in [1.54, 1.807) is 19.2 Å². The third-order valence-corrected chi connectivity index (χ3v) is 2.76. The first kappa shape index (κ1) is 15.4. The lowest BCUT2D eigenvalue weighted by Crippen LogP contribution is -2.31. The number of anilines is 1. The van der Waals surface area contributed by atoms with Crippen molar-refractivity contribution < 1.29 is 9.53 Å². The number of rotatable bonds is 7. The Hall–Kier alpha value is -1.69. The molecule has 0 aliphatic rings. The largest absolute Gasteiger partial charge is 0.380 e. The fourth-order valence-corrected chi connectivity index (χ4v) is 1.49. The Labute approximate surface area is 113 Å². The number of carbonyl (C=O) groups is 1. The van der Waals surface area contributed by atoms with Crippen LogP contribution in [0.1, 0.15) is 31.3 Å². The molecule has 1 heterocycles. The third-order valence-electron chi connectivity index (χ3n) is 2.76. The lowest BCUT2D eigenvalue weighted by atomic mass is 10.1. The summed E-state index contributed by atoms with van der Waals surface area (Å²) in [5, 5.41) is 13.7. The van der Waals surface area contributed by atoms with E-state index < -0.39 is 0 Å². The molecule has 6 heteroatoms. The summed E-state index contributed by atoms with van der Waals surface area (Å²) < 4.78 is 5.43. The van der Waals surface area contributed by atoms with Crippen molar-refractivity contribution in [2.45, 2.75) is 26.8 Å². The summed E-state index contributed by atoms with van der Waals surface area (Å²) in [6, 6.07) is 3.56. The van der Waals surface area contributed by atoms with Crippen molar-refractivity contribution in [3.05, 3.63) is 17.8 Å². The number of nitrogens with zero attached hydrogens (tertiary/aromatic N) is 2. The second-order valence-corrected chi connectivity index (χ2v) is 4.54. The Balaban J connectivity index is 2.66. The fraction of sp³-hybridized carbons (Fsp3) is 0.615. The van der Waals surface area contributed by atoms with E-state index in [2.05, 4.69) is 34.7 Å². The van der Waals surface area contributed by atoms with Crippen LogP contribution in [0.4, 0.5) is 5.82 Å². The Bertz CT molecular complexity index is 392. The van der Waals surface area contributed by atoms with Gasteiger partial charge in [-0.2, -0.15) is 0 Å². The van der Waals surface area contributed by atoms with E-state index >= 15 is 0 Å². The number of amides is 1. The first-order valence-electron chi connectivity index (χ1n) is 6.48. The second kappa shape index (κ2) is 7.68. The molecule has 0 bridgehead atoms. The van der Waals surface area contributed by atoms with E-state index in [0.717, 1.165) is 0 Å². The number of nitrogens with one attached hydrogen (secondary N) is 2. The lowest BCUT2D eigenvalue weighted by Gasteiger charge is -2.22. The zero-order valence-corrected chi connectivity index (χ0v) is 11.9. The molecule has 1 rings (SSSR count). The highest BCUT2D eigenvalue weighted by Gasteiger charge is 2.14. The zero-order chi connectivity index (χ0) is 14.3. The SMILES string of the molecule is CCOCC(Nc1ccc(C(=O)NC)nn1)C(C)C. The second-order valence-electron chi connectivity index (χ2n) is 4.54. The van der Waals surface area contributed by atoms with Crippen molar-refractivity contribution in [2.75, 3.05) is 25.6 Å². The van der Waals surface area contributed by atoms with Gasteiger partial charge in [-0.05, 0) is 25.0 Å². The van der Waals surface area contributed by atoms with Crippen molar-refractivity contribution in [2.24, 2.45) is 5.92 Å². The Morgan fingerprint density at radius 1 is 1.37 bits per heavy atom. The van der Waals surface area contributed by atoms with Crippen molar-refractivity contribution in [3.63, 3.8) is 0 Å². The summed E-state index contributed by atoms with van der Waals surface area (Å²) in [7, 11) is 1.56. The summed E-state index contributed by atoms with van der Waals surface area (Å²) in [5.74, 6) is 0.812. The Morgan fingerprint density at radius 2 is 2.11 bits per heavy atom. The highest BCUT2D eigenvalue weighted by Crippen LogP contribution is 2.10. The summed E-state index contributed by atoms with van der Waals surface area (Å²) in [5.41, 5.74) is 0.305. The van der Waals surface area contributed by atoms with Crippen molar-refractivity contribution in [3.8, 4) is 0 Å². The molecular formula is C13H22N4O2. The van der Waals surface area contributed by atoms with Crippen LogP contribution in [0.5, 0.6) is 0 Å². The van der Waals surface area contributed by atoms with E-state index in [9.17, 15) is 4.79 Å². The smallest absolute Gasteiger partial charge is 0.271 e. The standard InChI is InChI=1S/C13H22N4O2/c1-5-19-8-11(9(2)3)15-12-7-6-10(16-17-12)13(18)14-4/h6-7,9,11H,5,8H2,1-4H3,(H,14,18)(H,15,17). The van der Waals surface area contributed by atoms with Crippen LogP contribution in [0.25, 0.3) is 0 Å². The molecule has 1 amide bonds. The van der Waals surface area contributed by atoms with Gasteiger partial charge in [0.1, 0.15) is 5.82 Å². The molecular weight excluding hydrogens is 244 g/mol. The van der Waals surface area contributed by atoms with E-state index in [1.807, 2.05) is 6.92 Å². The van der Waals surface area contributed by atoms with Crippen LogP contribution >= 0.6 is 0 Å². The molecule has 1 atom stereocenters. The predicted octanol–water partition coefficient (Wildman–Crippen LogP) is 1.31. The van der Waals surface area contributed by atoms with Crippen molar-refractivity contribution in [1.82, 2.24) is 15.5 Å². The average molecular weight is 266 g/mol. The number of aromatic nitrogens is 2. The maximum Gasteiger partial charge on any atom is 0.271 e. The van der Waals surface area contributed by atoms with Gasteiger partial charge in [0.05, 0.1) is 12.6 Å². The van der Waals surface area contributed by atoms with Crippen LogP contribution in [0.15, 0.2) is 12.1 Å². The molecule has 2 N–H and O–H groups in total. The minimum atomic E-state index is -0.242. The first-order valence-corrected chi connectivity index (χ1v) is 6.48. The number of ether oxygens (including phenoxy) is 1. The van der Waals surface area contributed by atoms with E-state index in [1.165, 1.54) is 0 Å². The molecule has 1 aromatic heterocycles. The highest BCUT2D eigenvalue weighted by atomic mass is 16.5. The van der Waals surface area contributed by atoms with Gasteiger partial charge in [-0.25, -0.2) is 0 Å². The first-order chi connectivity index (χ1) is 9.08. The van der Waals surface area contributed by atoms with Gasteiger partial charge in [-0.3, -0.25) is 4.79 Å². The molecule has 1 aromatic rings. The molecule has 0 aliphatic carbocycles. The molecule has 0 spiro atoms. The van der Waals surface area contributed by atoms with Gasteiger partial charge in [-0.15, -0.1) is 10.2 Å². The summed E-state index contributed by atoms with van der Waals surface area (Å²) >= 11 is 0. The third kappa shape index (κ3) is 4.82. The molecule has 6 nitrogen and oxygen atoms in total. The van der Waals surface area contributed by atoms with Crippen LogP contribution < -0.4 is 10.6 Å². The van der Waals surface area contributed by atoms with Crippen LogP contribution in [0.3, 0.4) is 0 Å². The van der Waals surface area contributed by atoms with Gasteiger partial charge in [0.25, 0.3) is 5.91 Å². The number of hydrogen-bond donors (Lipinski definition) is 2. The molecule has 0 aliphatic heterocycles. The fourth-order valence-electron chi connectivity index (χ4n) is 1.49. The van der Waals surface area contributed by atoms with Crippen LogP contribution in [-0.2, 0) is 4.74 Å². The number of hydrogen-bond acceptors (Lipinski definition) is 5. The van der Waals surface area contributed by atoms with Crippen molar-refractivity contribution in [1.29, 1.82) is 0 Å². The average Bonchev–Trinajstić information content (AvgIpc) is 2.43. The quantitative estimate of drug-likeness (QED) is 0.778. The molecule has 1 unspecified atom stereocenters. The van der Waals surface area contributed by atoms with Gasteiger partial charge in [-0.1, -0.05) is 13.8 Å². The topological polar surface area (TPSA) is 76.1 Å². The summed E-state index contributed by atoms with van der Waals surface area (Å²) in [6.45, 7) is 7.50. The predicted molar refractivity (Wildman–Crippen MR) is 74.2 cm³/mol. The van der Waals surface area contributed by atoms with Gasteiger partial charge in [0.2, 0.25) is 0 Å². The molecule has 0 aromatic carbocycles. The molecule has 19 heavy (non-hydrogen) atoms. The normalized spacial score (nSPS) is 12.3. The minimum absolute atomic E-state index is 0.167. The van der Waals surface area contributed by atoms with Gasteiger partial charge >= 0.3 is 0 Å². The molecule has 0 saturated heterocycles. The Morgan fingerprint density at radius 3 is 2.58 bits per heavy atom. The Kier molecular flexibility index (Phi) is 6.21. The molecule has 0 fully saturated rings. The monoisotopic (exact) mass is 266 g/mol. The van der Waals surface area contributed by atoms with Gasteiger partial charge < -0.3 is 15.4 Å². The maximum atomic E-state index is 11.3. The van der Waals surface area contributed by atoms with E-state index in [-0.39, 0.29) is 11.9 Å². The molecule has 0 saturated carbocycles. The van der Waals surface area contributed by atoms with Crippen LogP contribution in [-0.4, -0.2) is 42.4 Å². The van der Waals surface area contributed by atoms with Crippen molar-refractivity contribution >= 4 is 11.7 Å². The number of carbonyl (C=O) groups excluding carboxylic acids is 1. The minimum Gasteiger partial charge on any atom is -0.380 e. The lowest BCUT2D eigenvalue weighted by molar-refractivity contribution is 0.0957.